The van der Waals surface area contributed by atoms with Gasteiger partial charge < -0.3 is 10.6 Å². The Hall–Kier alpha value is -1.09. The fourth-order valence-corrected chi connectivity index (χ4v) is 1.39. The minimum Gasteiger partial charge on any atom is -0.349 e. The number of amides is 1. The van der Waals surface area contributed by atoms with Crippen molar-refractivity contribution in [1.29, 1.82) is 0 Å². The Morgan fingerprint density at radius 3 is 3.18 bits per heavy atom. The van der Waals surface area contributed by atoms with Crippen molar-refractivity contribution in [1.82, 2.24) is 10.6 Å². The molecule has 0 radical (unpaired) electrons. The van der Waals surface area contributed by atoms with Crippen LogP contribution < -0.4 is 10.6 Å². The number of hydrogen-bond donors (Lipinski definition) is 2. The van der Waals surface area contributed by atoms with Crippen molar-refractivity contribution in [3.63, 3.8) is 0 Å². The molecule has 11 heavy (non-hydrogen) atoms. The second-order valence-electron chi connectivity index (χ2n) is 2.72. The zero-order chi connectivity index (χ0) is 7.68. The van der Waals surface area contributed by atoms with Crippen molar-refractivity contribution in [2.75, 3.05) is 19.6 Å². The molecular formula is C8H10N2O. The van der Waals surface area contributed by atoms with Crippen LogP contribution in [0.15, 0.2) is 23.3 Å². The summed E-state index contributed by atoms with van der Waals surface area (Å²) >= 11 is 0. The second-order valence-corrected chi connectivity index (χ2v) is 2.72. The highest BCUT2D eigenvalue weighted by Gasteiger charge is 2.19. The molecule has 0 unspecified atom stereocenters. The lowest BCUT2D eigenvalue weighted by molar-refractivity contribution is -0.117. The summed E-state index contributed by atoms with van der Waals surface area (Å²) < 4.78 is 0. The van der Waals surface area contributed by atoms with Gasteiger partial charge in [-0.25, -0.2) is 0 Å². The number of carbonyl (C=O) groups excluding carboxylic acids is 1. The standard InChI is InChI=1S/C8H10N2O/c11-8-7-5-9-4-6(7)2-1-3-10-8/h1-2,9H,3-5H2,(H,10,11). The highest BCUT2D eigenvalue weighted by molar-refractivity contribution is 5.96. The topological polar surface area (TPSA) is 41.1 Å². The minimum absolute atomic E-state index is 0.0787. The monoisotopic (exact) mass is 150 g/mol. The molecule has 0 aliphatic carbocycles. The molecule has 0 aromatic rings. The van der Waals surface area contributed by atoms with Gasteiger partial charge in [0.2, 0.25) is 5.91 Å². The molecule has 0 saturated carbocycles. The van der Waals surface area contributed by atoms with E-state index in [0.29, 0.717) is 13.1 Å². The average molecular weight is 150 g/mol. The van der Waals surface area contributed by atoms with E-state index in [9.17, 15) is 4.79 Å². The van der Waals surface area contributed by atoms with Crippen molar-refractivity contribution >= 4 is 5.91 Å². The Morgan fingerprint density at radius 2 is 2.27 bits per heavy atom. The molecule has 0 saturated heterocycles. The lowest BCUT2D eigenvalue weighted by Gasteiger charge is -1.99. The Bertz CT molecular complexity index is 253. The summed E-state index contributed by atoms with van der Waals surface area (Å²) in [5, 5.41) is 5.93. The molecule has 0 atom stereocenters. The van der Waals surface area contributed by atoms with E-state index in [-0.39, 0.29) is 5.91 Å². The maximum absolute atomic E-state index is 11.2. The fourth-order valence-electron chi connectivity index (χ4n) is 1.39. The highest BCUT2D eigenvalue weighted by Crippen LogP contribution is 2.12. The van der Waals surface area contributed by atoms with Crippen molar-refractivity contribution in [3.05, 3.63) is 23.3 Å². The minimum atomic E-state index is 0.0787. The molecule has 0 bridgehead atoms. The number of hydrogen-bond acceptors (Lipinski definition) is 2. The number of carbonyl (C=O) groups is 1. The maximum atomic E-state index is 11.2. The van der Waals surface area contributed by atoms with E-state index in [1.54, 1.807) is 0 Å². The number of rotatable bonds is 0. The van der Waals surface area contributed by atoms with E-state index < -0.39 is 0 Å². The third kappa shape index (κ3) is 1.07. The normalized spacial score (nSPS) is 23.1. The zero-order valence-electron chi connectivity index (χ0n) is 6.18. The molecule has 1 amide bonds. The van der Waals surface area contributed by atoms with Crippen molar-refractivity contribution < 1.29 is 4.79 Å². The smallest absolute Gasteiger partial charge is 0.249 e. The van der Waals surface area contributed by atoms with Crippen molar-refractivity contribution in [2.45, 2.75) is 0 Å². The van der Waals surface area contributed by atoms with Crippen LogP contribution in [0.1, 0.15) is 0 Å². The first-order valence-electron chi connectivity index (χ1n) is 3.75. The van der Waals surface area contributed by atoms with Crippen molar-refractivity contribution in [3.8, 4) is 0 Å². The largest absolute Gasteiger partial charge is 0.349 e. The summed E-state index contributed by atoms with van der Waals surface area (Å²) in [5.74, 6) is 0.0787. The SMILES string of the molecule is O=C1NCC=CC2=C1CNC2. The summed E-state index contributed by atoms with van der Waals surface area (Å²) in [6, 6.07) is 0. The van der Waals surface area contributed by atoms with Gasteiger partial charge in [0.25, 0.3) is 0 Å². The predicted octanol–water partition coefficient (Wildman–Crippen LogP) is -0.428. The van der Waals surface area contributed by atoms with Gasteiger partial charge in [0.1, 0.15) is 0 Å². The molecule has 58 valence electrons. The van der Waals surface area contributed by atoms with Crippen LogP contribution >= 0.6 is 0 Å². The van der Waals surface area contributed by atoms with E-state index >= 15 is 0 Å². The first kappa shape index (κ1) is 6.61. The third-order valence-corrected chi connectivity index (χ3v) is 1.98. The van der Waals surface area contributed by atoms with Gasteiger partial charge >= 0.3 is 0 Å². The Balaban J connectivity index is 2.35. The highest BCUT2D eigenvalue weighted by atomic mass is 16.1. The zero-order valence-corrected chi connectivity index (χ0v) is 6.18. The number of nitrogens with one attached hydrogen (secondary N) is 2. The van der Waals surface area contributed by atoms with E-state index in [1.807, 2.05) is 12.2 Å². The molecule has 0 aromatic carbocycles. The van der Waals surface area contributed by atoms with Gasteiger partial charge in [-0.3, -0.25) is 4.79 Å². The molecule has 0 fully saturated rings. The van der Waals surface area contributed by atoms with Gasteiger partial charge in [0.15, 0.2) is 0 Å². The van der Waals surface area contributed by atoms with Gasteiger partial charge in [-0.1, -0.05) is 12.2 Å². The summed E-state index contributed by atoms with van der Waals surface area (Å²) in [6.45, 7) is 2.20. The first-order chi connectivity index (χ1) is 5.38. The van der Waals surface area contributed by atoms with Crippen LogP contribution in [0, 0.1) is 0 Å². The van der Waals surface area contributed by atoms with Crippen LogP contribution in [-0.4, -0.2) is 25.5 Å². The summed E-state index contributed by atoms with van der Waals surface area (Å²) in [5.41, 5.74) is 2.04. The molecule has 2 aliphatic heterocycles. The summed E-state index contributed by atoms with van der Waals surface area (Å²) in [4.78, 5) is 11.2. The fraction of sp³-hybridized carbons (Fsp3) is 0.375. The van der Waals surface area contributed by atoms with Gasteiger partial charge in [0.05, 0.1) is 0 Å². The van der Waals surface area contributed by atoms with E-state index in [0.717, 1.165) is 17.7 Å². The van der Waals surface area contributed by atoms with Crippen LogP contribution in [-0.2, 0) is 4.79 Å². The van der Waals surface area contributed by atoms with Crippen LogP contribution in [0.4, 0.5) is 0 Å². The first-order valence-corrected chi connectivity index (χ1v) is 3.75. The molecule has 0 spiro atoms. The van der Waals surface area contributed by atoms with Crippen LogP contribution in [0.5, 0.6) is 0 Å². The second kappa shape index (κ2) is 2.51. The molecule has 2 heterocycles. The Morgan fingerprint density at radius 1 is 1.36 bits per heavy atom. The van der Waals surface area contributed by atoms with Gasteiger partial charge in [-0.2, -0.15) is 0 Å². The van der Waals surface area contributed by atoms with Crippen LogP contribution in [0.3, 0.4) is 0 Å². The molecular weight excluding hydrogens is 140 g/mol. The van der Waals surface area contributed by atoms with Gasteiger partial charge in [-0.15, -0.1) is 0 Å². The van der Waals surface area contributed by atoms with E-state index in [4.69, 9.17) is 0 Å². The lowest BCUT2D eigenvalue weighted by atomic mass is 10.1. The van der Waals surface area contributed by atoms with E-state index in [1.165, 1.54) is 0 Å². The van der Waals surface area contributed by atoms with Crippen LogP contribution in [0.25, 0.3) is 0 Å². The van der Waals surface area contributed by atoms with Crippen LogP contribution in [0.2, 0.25) is 0 Å². The summed E-state index contributed by atoms with van der Waals surface area (Å²) in [6.07, 6.45) is 4.00. The van der Waals surface area contributed by atoms with Crippen molar-refractivity contribution in [2.24, 2.45) is 0 Å². The molecule has 2 aliphatic rings. The molecule has 0 aromatic heterocycles. The molecule has 3 heteroatoms. The molecule has 2 N–H and O–H groups in total. The average Bonchev–Trinajstić information content (AvgIpc) is 2.40. The van der Waals surface area contributed by atoms with E-state index in [2.05, 4.69) is 10.6 Å². The lowest BCUT2D eigenvalue weighted by Crippen LogP contribution is -2.26. The molecule has 2 rings (SSSR count). The van der Waals surface area contributed by atoms with Gasteiger partial charge in [0, 0.05) is 25.2 Å². The van der Waals surface area contributed by atoms with Gasteiger partial charge in [-0.05, 0) is 5.57 Å². The Labute approximate surface area is 65.2 Å². The molecule has 3 nitrogen and oxygen atoms in total. The quantitative estimate of drug-likeness (QED) is 0.492. The maximum Gasteiger partial charge on any atom is 0.249 e. The Kier molecular flexibility index (Phi) is 1.51. The predicted molar refractivity (Wildman–Crippen MR) is 42.0 cm³/mol. The third-order valence-electron chi connectivity index (χ3n) is 1.98. The summed E-state index contributed by atoms with van der Waals surface area (Å²) in [7, 11) is 0.